The molecule has 0 spiro atoms. The summed E-state index contributed by atoms with van der Waals surface area (Å²) in [6, 6.07) is 13.8. The Bertz CT molecular complexity index is 617. The third-order valence-corrected chi connectivity index (χ3v) is 3.43. The van der Waals surface area contributed by atoms with Crippen LogP contribution in [-0.4, -0.2) is 5.54 Å². The highest BCUT2D eigenvalue weighted by Gasteiger charge is 2.10. The van der Waals surface area contributed by atoms with Gasteiger partial charge < -0.3 is 10.1 Å². The van der Waals surface area contributed by atoms with Gasteiger partial charge in [0.1, 0.15) is 11.5 Å². The van der Waals surface area contributed by atoms with Crippen LogP contribution >= 0.6 is 11.6 Å². The first-order valence-corrected chi connectivity index (χ1v) is 7.50. The van der Waals surface area contributed by atoms with Gasteiger partial charge in [0.2, 0.25) is 0 Å². The molecule has 1 N–H and O–H groups in total. The molecular weight excluding hydrogens is 282 g/mol. The van der Waals surface area contributed by atoms with Gasteiger partial charge in [0.05, 0.1) is 5.02 Å². The normalized spacial score (nSPS) is 11.5. The minimum Gasteiger partial charge on any atom is -0.456 e. The van der Waals surface area contributed by atoms with Gasteiger partial charge in [-0.2, -0.15) is 0 Å². The first-order chi connectivity index (χ1) is 9.85. The van der Waals surface area contributed by atoms with Gasteiger partial charge in [-0.3, -0.25) is 0 Å². The van der Waals surface area contributed by atoms with Gasteiger partial charge in [-0.1, -0.05) is 35.9 Å². The third kappa shape index (κ3) is 4.76. The summed E-state index contributed by atoms with van der Waals surface area (Å²) in [5, 5.41) is 4.08. The molecule has 0 aromatic heterocycles. The maximum absolute atomic E-state index is 6.33. The Morgan fingerprint density at radius 3 is 2.38 bits per heavy atom. The summed E-state index contributed by atoms with van der Waals surface area (Å²) in [6.45, 7) is 9.23. The van der Waals surface area contributed by atoms with Crippen molar-refractivity contribution in [2.45, 2.75) is 39.8 Å². The average molecular weight is 304 g/mol. The first-order valence-electron chi connectivity index (χ1n) is 7.12. The van der Waals surface area contributed by atoms with Crippen molar-refractivity contribution in [3.8, 4) is 11.5 Å². The fraction of sp³-hybridized carbons (Fsp3) is 0.333. The van der Waals surface area contributed by atoms with Crippen molar-refractivity contribution in [3.05, 3.63) is 58.6 Å². The predicted octanol–water partition coefficient (Wildman–Crippen LogP) is 5.33. The minimum atomic E-state index is 0.0861. The summed E-state index contributed by atoms with van der Waals surface area (Å²) in [5.74, 6) is 1.52. The first kappa shape index (κ1) is 15.9. The Hall–Kier alpha value is -1.51. The molecule has 0 aliphatic heterocycles. The smallest absolute Gasteiger partial charge is 0.146 e. The van der Waals surface area contributed by atoms with Crippen LogP contribution in [0.25, 0.3) is 0 Å². The van der Waals surface area contributed by atoms with Crippen LogP contribution in [0.4, 0.5) is 0 Å². The largest absolute Gasteiger partial charge is 0.456 e. The molecule has 0 amide bonds. The van der Waals surface area contributed by atoms with Crippen LogP contribution in [0.15, 0.2) is 42.5 Å². The van der Waals surface area contributed by atoms with Crippen LogP contribution < -0.4 is 10.1 Å². The van der Waals surface area contributed by atoms with Gasteiger partial charge in [-0.05, 0) is 57.0 Å². The highest BCUT2D eigenvalue weighted by molar-refractivity contribution is 6.32. The lowest BCUT2D eigenvalue weighted by Crippen LogP contribution is -2.35. The number of hydrogen-bond acceptors (Lipinski definition) is 2. The fourth-order valence-corrected chi connectivity index (χ4v) is 2.14. The molecule has 2 aromatic rings. The lowest BCUT2D eigenvalue weighted by molar-refractivity contribution is 0.424. The lowest BCUT2D eigenvalue weighted by atomic mass is 10.1. The monoisotopic (exact) mass is 303 g/mol. The molecule has 0 saturated carbocycles. The third-order valence-electron chi connectivity index (χ3n) is 3.13. The average Bonchev–Trinajstić information content (AvgIpc) is 2.41. The summed E-state index contributed by atoms with van der Waals surface area (Å²) in [5.41, 5.74) is 2.32. The summed E-state index contributed by atoms with van der Waals surface area (Å²) in [6.07, 6.45) is 0. The molecule has 112 valence electrons. The second-order valence-electron chi connectivity index (χ2n) is 6.24. The number of benzene rings is 2. The number of hydrogen-bond donors (Lipinski definition) is 1. The molecule has 0 fully saturated rings. The number of ether oxygens (including phenoxy) is 1. The van der Waals surface area contributed by atoms with E-state index in [4.69, 9.17) is 16.3 Å². The molecule has 21 heavy (non-hydrogen) atoms. The number of nitrogens with one attached hydrogen (secondary N) is 1. The highest BCUT2D eigenvalue weighted by Crippen LogP contribution is 2.31. The molecule has 0 heterocycles. The number of aryl methyl sites for hydroxylation is 1. The summed E-state index contributed by atoms with van der Waals surface area (Å²) in [4.78, 5) is 0. The van der Waals surface area contributed by atoms with Gasteiger partial charge in [0, 0.05) is 12.1 Å². The maximum Gasteiger partial charge on any atom is 0.146 e. The fourth-order valence-electron chi connectivity index (χ4n) is 1.89. The van der Waals surface area contributed by atoms with Gasteiger partial charge >= 0.3 is 0 Å². The lowest BCUT2D eigenvalue weighted by Gasteiger charge is -2.20. The maximum atomic E-state index is 6.33. The SMILES string of the molecule is Cc1ccccc1Oc1ccc(CNC(C)(C)C)cc1Cl. The molecule has 0 bridgehead atoms. The molecule has 3 heteroatoms. The predicted molar refractivity (Wildman–Crippen MR) is 89.3 cm³/mol. The zero-order valence-corrected chi connectivity index (χ0v) is 13.8. The van der Waals surface area contributed by atoms with E-state index < -0.39 is 0 Å². The van der Waals surface area contributed by atoms with Crippen molar-refractivity contribution in [2.75, 3.05) is 0 Å². The molecule has 0 unspecified atom stereocenters. The standard InChI is InChI=1S/C18H22ClNO/c1-13-7-5-6-8-16(13)21-17-10-9-14(11-15(17)19)12-20-18(2,3)4/h5-11,20H,12H2,1-4H3. The number of para-hydroxylation sites is 1. The highest BCUT2D eigenvalue weighted by atomic mass is 35.5. The molecule has 0 radical (unpaired) electrons. The zero-order chi connectivity index (χ0) is 15.5. The number of rotatable bonds is 4. The van der Waals surface area contributed by atoms with E-state index in [2.05, 4.69) is 26.1 Å². The second kappa shape index (κ2) is 6.50. The molecule has 0 aliphatic rings. The van der Waals surface area contributed by atoms with E-state index in [1.165, 1.54) is 0 Å². The van der Waals surface area contributed by atoms with E-state index in [0.29, 0.717) is 10.8 Å². The quantitative estimate of drug-likeness (QED) is 0.824. The van der Waals surface area contributed by atoms with Crippen molar-refractivity contribution in [3.63, 3.8) is 0 Å². The van der Waals surface area contributed by atoms with Crippen molar-refractivity contribution < 1.29 is 4.74 Å². The molecule has 0 atom stereocenters. The van der Waals surface area contributed by atoms with Crippen LogP contribution in [0.1, 0.15) is 31.9 Å². The van der Waals surface area contributed by atoms with Gasteiger partial charge in [0.15, 0.2) is 0 Å². The molecule has 2 rings (SSSR count). The van der Waals surface area contributed by atoms with Crippen LogP contribution in [0.2, 0.25) is 5.02 Å². The van der Waals surface area contributed by atoms with E-state index in [1.807, 2.05) is 49.4 Å². The van der Waals surface area contributed by atoms with E-state index >= 15 is 0 Å². The second-order valence-corrected chi connectivity index (χ2v) is 6.64. The van der Waals surface area contributed by atoms with Gasteiger partial charge in [-0.15, -0.1) is 0 Å². The zero-order valence-electron chi connectivity index (χ0n) is 13.0. The van der Waals surface area contributed by atoms with Gasteiger partial charge in [0.25, 0.3) is 0 Å². The van der Waals surface area contributed by atoms with Gasteiger partial charge in [-0.25, -0.2) is 0 Å². The molecule has 2 nitrogen and oxygen atoms in total. The van der Waals surface area contributed by atoms with E-state index in [0.717, 1.165) is 23.4 Å². The Morgan fingerprint density at radius 1 is 1.05 bits per heavy atom. The Kier molecular flexibility index (Phi) is 4.92. The van der Waals surface area contributed by atoms with Crippen molar-refractivity contribution >= 4 is 11.6 Å². The summed E-state index contributed by atoms with van der Waals surface area (Å²) < 4.78 is 5.89. The molecule has 0 aliphatic carbocycles. The van der Waals surface area contributed by atoms with Crippen LogP contribution in [0.3, 0.4) is 0 Å². The minimum absolute atomic E-state index is 0.0861. The van der Waals surface area contributed by atoms with Crippen LogP contribution in [-0.2, 0) is 6.54 Å². The topological polar surface area (TPSA) is 21.3 Å². The van der Waals surface area contributed by atoms with Crippen molar-refractivity contribution in [2.24, 2.45) is 0 Å². The Morgan fingerprint density at radius 2 is 1.76 bits per heavy atom. The Balaban J connectivity index is 2.11. The summed E-state index contributed by atoms with van der Waals surface area (Å²) in [7, 11) is 0. The van der Waals surface area contributed by atoms with E-state index in [-0.39, 0.29) is 5.54 Å². The van der Waals surface area contributed by atoms with Crippen LogP contribution in [0, 0.1) is 6.92 Å². The summed E-state index contributed by atoms with van der Waals surface area (Å²) >= 11 is 6.33. The van der Waals surface area contributed by atoms with Crippen LogP contribution in [0.5, 0.6) is 11.5 Å². The molecular formula is C18H22ClNO. The van der Waals surface area contributed by atoms with E-state index in [9.17, 15) is 0 Å². The van der Waals surface area contributed by atoms with E-state index in [1.54, 1.807) is 0 Å². The Labute approximate surface area is 132 Å². The van der Waals surface area contributed by atoms with Crippen molar-refractivity contribution in [1.29, 1.82) is 0 Å². The van der Waals surface area contributed by atoms with Crippen molar-refractivity contribution in [1.82, 2.24) is 5.32 Å². The number of halogens is 1. The molecule has 2 aromatic carbocycles. The molecule has 0 saturated heterocycles.